The Bertz CT molecular complexity index is 552. The third-order valence-electron chi connectivity index (χ3n) is 3.81. The molecule has 2 rings (SSSR count). The van der Waals surface area contributed by atoms with Gasteiger partial charge in [0.15, 0.2) is 0 Å². The Balaban J connectivity index is 1.97. The van der Waals surface area contributed by atoms with Gasteiger partial charge in [0.05, 0.1) is 5.92 Å². The van der Waals surface area contributed by atoms with Crippen LogP contribution in [0.4, 0.5) is 0 Å². The first kappa shape index (κ1) is 14.3. The highest BCUT2D eigenvalue weighted by molar-refractivity contribution is 5.93. The zero-order valence-electron chi connectivity index (χ0n) is 11.1. The van der Waals surface area contributed by atoms with Crippen LogP contribution in [0.1, 0.15) is 36.0 Å². The number of pyridine rings is 1. The minimum Gasteiger partial charge on any atom is -0.481 e. The average molecular weight is 278 g/mol. The number of nitrogens with one attached hydrogen (secondary N) is 2. The van der Waals surface area contributed by atoms with Crippen molar-refractivity contribution in [1.29, 1.82) is 0 Å². The molecule has 0 spiro atoms. The summed E-state index contributed by atoms with van der Waals surface area (Å²) >= 11 is 0. The first-order valence-corrected chi connectivity index (χ1v) is 6.78. The van der Waals surface area contributed by atoms with Gasteiger partial charge in [-0.1, -0.05) is 12.8 Å². The summed E-state index contributed by atoms with van der Waals surface area (Å²) in [6, 6.07) is 3.03. The second-order valence-corrected chi connectivity index (χ2v) is 5.11. The van der Waals surface area contributed by atoms with Gasteiger partial charge >= 0.3 is 5.97 Å². The first-order chi connectivity index (χ1) is 9.59. The molecule has 6 nitrogen and oxygen atoms in total. The van der Waals surface area contributed by atoms with Gasteiger partial charge in [-0.25, -0.2) is 0 Å². The van der Waals surface area contributed by atoms with Crippen LogP contribution < -0.4 is 10.9 Å². The first-order valence-electron chi connectivity index (χ1n) is 6.78. The van der Waals surface area contributed by atoms with Crippen molar-refractivity contribution in [2.75, 3.05) is 6.54 Å². The monoisotopic (exact) mass is 278 g/mol. The molecule has 1 amide bonds. The summed E-state index contributed by atoms with van der Waals surface area (Å²) in [6.45, 7) is 0.296. The van der Waals surface area contributed by atoms with Gasteiger partial charge in [0, 0.05) is 12.7 Å². The van der Waals surface area contributed by atoms with Crippen molar-refractivity contribution in [1.82, 2.24) is 10.3 Å². The minimum absolute atomic E-state index is 0.0511. The predicted octanol–water partition coefficient (Wildman–Crippen LogP) is 0.996. The fourth-order valence-corrected chi connectivity index (χ4v) is 2.70. The Morgan fingerprint density at radius 1 is 1.35 bits per heavy atom. The number of H-pyrrole nitrogens is 1. The van der Waals surface area contributed by atoms with Crippen molar-refractivity contribution in [3.63, 3.8) is 0 Å². The number of carbonyl (C=O) groups is 2. The highest BCUT2D eigenvalue weighted by Crippen LogP contribution is 2.29. The number of aliphatic carboxylic acids is 1. The number of hydrogen-bond acceptors (Lipinski definition) is 3. The lowest BCUT2D eigenvalue weighted by atomic mass is 9.79. The Morgan fingerprint density at radius 2 is 2.10 bits per heavy atom. The van der Waals surface area contributed by atoms with E-state index in [-0.39, 0.29) is 11.5 Å². The molecule has 0 radical (unpaired) electrons. The zero-order valence-corrected chi connectivity index (χ0v) is 11.1. The van der Waals surface area contributed by atoms with Crippen molar-refractivity contribution in [3.8, 4) is 0 Å². The van der Waals surface area contributed by atoms with Gasteiger partial charge in [-0.3, -0.25) is 14.4 Å². The van der Waals surface area contributed by atoms with E-state index in [0.717, 1.165) is 19.3 Å². The molecule has 1 aliphatic carbocycles. The summed E-state index contributed by atoms with van der Waals surface area (Å²) in [6.07, 6.45) is 4.81. The molecule has 6 heteroatoms. The van der Waals surface area contributed by atoms with Gasteiger partial charge in [0.1, 0.15) is 5.56 Å². The van der Waals surface area contributed by atoms with Crippen LogP contribution in [0.5, 0.6) is 0 Å². The van der Waals surface area contributed by atoms with Gasteiger partial charge in [-0.2, -0.15) is 0 Å². The summed E-state index contributed by atoms with van der Waals surface area (Å²) in [5.74, 6) is -1.73. The largest absolute Gasteiger partial charge is 0.481 e. The van der Waals surface area contributed by atoms with E-state index < -0.39 is 23.4 Å². The number of amides is 1. The maximum absolute atomic E-state index is 11.9. The van der Waals surface area contributed by atoms with Crippen molar-refractivity contribution >= 4 is 11.9 Å². The van der Waals surface area contributed by atoms with Crippen molar-refractivity contribution < 1.29 is 14.7 Å². The normalized spacial score (nSPS) is 22.2. The Morgan fingerprint density at radius 3 is 2.80 bits per heavy atom. The van der Waals surface area contributed by atoms with E-state index in [4.69, 9.17) is 5.11 Å². The van der Waals surface area contributed by atoms with Gasteiger partial charge in [0.2, 0.25) is 0 Å². The number of carboxylic acids is 1. The van der Waals surface area contributed by atoms with Crippen molar-refractivity contribution in [3.05, 3.63) is 34.2 Å². The minimum atomic E-state index is -0.804. The molecule has 2 unspecified atom stereocenters. The van der Waals surface area contributed by atoms with Crippen LogP contribution in [0.3, 0.4) is 0 Å². The van der Waals surface area contributed by atoms with Crippen LogP contribution in [0.2, 0.25) is 0 Å². The quantitative estimate of drug-likeness (QED) is 0.765. The molecule has 1 heterocycles. The van der Waals surface area contributed by atoms with Gasteiger partial charge in [-0.15, -0.1) is 0 Å². The summed E-state index contributed by atoms with van der Waals surface area (Å²) < 4.78 is 0. The lowest BCUT2D eigenvalue weighted by Crippen LogP contribution is -2.38. The van der Waals surface area contributed by atoms with E-state index in [2.05, 4.69) is 10.3 Å². The van der Waals surface area contributed by atoms with Crippen LogP contribution in [-0.2, 0) is 4.79 Å². The van der Waals surface area contributed by atoms with E-state index in [1.807, 2.05) is 0 Å². The molecule has 1 aliphatic rings. The predicted molar refractivity (Wildman–Crippen MR) is 72.5 cm³/mol. The number of carbonyl (C=O) groups excluding carboxylic acids is 1. The summed E-state index contributed by atoms with van der Waals surface area (Å²) in [7, 11) is 0. The van der Waals surface area contributed by atoms with E-state index in [1.165, 1.54) is 12.3 Å². The molecule has 1 aromatic heterocycles. The van der Waals surface area contributed by atoms with Crippen LogP contribution in [-0.4, -0.2) is 28.5 Å². The standard InChI is InChI=1S/C14H18N2O4/c17-12-11(6-3-7-15-12)13(18)16-8-9-4-1-2-5-10(9)14(19)20/h3,6-7,9-10H,1-2,4-5,8H2,(H,15,17)(H,16,18)(H,19,20). The summed E-state index contributed by atoms with van der Waals surface area (Å²) in [4.78, 5) is 37.0. The molecule has 108 valence electrons. The van der Waals surface area contributed by atoms with E-state index in [9.17, 15) is 14.4 Å². The Kier molecular flexibility index (Phi) is 4.55. The third-order valence-corrected chi connectivity index (χ3v) is 3.81. The summed E-state index contributed by atoms with van der Waals surface area (Å²) in [5.41, 5.74) is -0.390. The highest BCUT2D eigenvalue weighted by Gasteiger charge is 2.30. The lowest BCUT2D eigenvalue weighted by Gasteiger charge is -2.28. The molecular weight excluding hydrogens is 260 g/mol. The molecule has 0 saturated heterocycles. The lowest BCUT2D eigenvalue weighted by molar-refractivity contribution is -0.144. The number of aromatic amines is 1. The van der Waals surface area contributed by atoms with Gasteiger partial charge in [0.25, 0.3) is 11.5 Å². The van der Waals surface area contributed by atoms with Crippen LogP contribution in [0, 0.1) is 11.8 Å². The molecule has 20 heavy (non-hydrogen) atoms. The Hall–Kier alpha value is -2.11. The second kappa shape index (κ2) is 6.36. The third kappa shape index (κ3) is 3.26. The molecule has 1 aromatic rings. The van der Waals surface area contributed by atoms with Crippen LogP contribution >= 0.6 is 0 Å². The highest BCUT2D eigenvalue weighted by atomic mass is 16.4. The summed E-state index contributed by atoms with van der Waals surface area (Å²) in [5, 5.41) is 11.8. The molecular formula is C14H18N2O4. The fraction of sp³-hybridized carbons (Fsp3) is 0.500. The molecule has 0 bridgehead atoms. The fourth-order valence-electron chi connectivity index (χ4n) is 2.70. The smallest absolute Gasteiger partial charge is 0.306 e. The second-order valence-electron chi connectivity index (χ2n) is 5.11. The van der Waals surface area contributed by atoms with E-state index >= 15 is 0 Å². The number of aromatic nitrogens is 1. The zero-order chi connectivity index (χ0) is 14.5. The SMILES string of the molecule is O=C(NCC1CCCCC1C(=O)O)c1ccc[nH]c1=O. The molecule has 2 atom stereocenters. The number of rotatable bonds is 4. The molecule has 3 N–H and O–H groups in total. The van der Waals surface area contributed by atoms with Crippen molar-refractivity contribution in [2.45, 2.75) is 25.7 Å². The van der Waals surface area contributed by atoms with Gasteiger partial charge in [-0.05, 0) is 30.9 Å². The maximum Gasteiger partial charge on any atom is 0.306 e. The average Bonchev–Trinajstić information content (AvgIpc) is 2.45. The van der Waals surface area contributed by atoms with Crippen LogP contribution in [0.25, 0.3) is 0 Å². The number of hydrogen-bond donors (Lipinski definition) is 3. The number of carboxylic acid groups (broad SMARTS) is 1. The molecule has 0 aliphatic heterocycles. The molecule has 0 aromatic carbocycles. The topological polar surface area (TPSA) is 99.3 Å². The molecule has 1 fully saturated rings. The van der Waals surface area contributed by atoms with E-state index in [1.54, 1.807) is 6.07 Å². The van der Waals surface area contributed by atoms with E-state index in [0.29, 0.717) is 13.0 Å². The van der Waals surface area contributed by atoms with Gasteiger partial charge < -0.3 is 15.4 Å². The molecule has 1 saturated carbocycles. The maximum atomic E-state index is 11.9. The Labute approximate surface area is 116 Å². The van der Waals surface area contributed by atoms with Crippen molar-refractivity contribution in [2.24, 2.45) is 11.8 Å². The van der Waals surface area contributed by atoms with Crippen LogP contribution in [0.15, 0.2) is 23.1 Å².